The highest BCUT2D eigenvalue weighted by Crippen LogP contribution is 2.39. The summed E-state index contributed by atoms with van der Waals surface area (Å²) in [5.41, 5.74) is 7.93. The molecule has 0 aromatic heterocycles. The molecule has 0 atom stereocenters. The molecule has 1 aliphatic heterocycles. The third kappa shape index (κ3) is 2.57. The zero-order chi connectivity index (χ0) is 14.1. The molecule has 20 heavy (non-hydrogen) atoms. The average molecular weight is 311 g/mol. The summed E-state index contributed by atoms with van der Waals surface area (Å²) >= 11 is 12.1. The van der Waals surface area contributed by atoms with Crippen LogP contribution >= 0.6 is 23.2 Å². The van der Waals surface area contributed by atoms with Crippen molar-refractivity contribution in [3.63, 3.8) is 0 Å². The number of anilines is 3. The molecule has 3 N–H and O–H groups in total. The highest BCUT2D eigenvalue weighted by atomic mass is 35.5. The molecule has 0 aliphatic carbocycles. The third-order valence-corrected chi connectivity index (χ3v) is 3.48. The lowest BCUT2D eigenvalue weighted by atomic mass is 10.2. The molecular weight excluding hydrogens is 299 g/mol. The first-order valence-electron chi connectivity index (χ1n) is 6.04. The Morgan fingerprint density at radius 2 is 1.65 bits per heavy atom. The van der Waals surface area contributed by atoms with Crippen LogP contribution < -0.4 is 20.5 Å². The fourth-order valence-electron chi connectivity index (χ4n) is 1.95. The van der Waals surface area contributed by atoms with Crippen LogP contribution in [0.15, 0.2) is 30.3 Å². The monoisotopic (exact) mass is 310 g/mol. The lowest BCUT2D eigenvalue weighted by Gasteiger charge is -2.20. The minimum atomic E-state index is 0.522. The lowest BCUT2D eigenvalue weighted by Crippen LogP contribution is -2.15. The average Bonchev–Trinajstić information content (AvgIpc) is 2.43. The van der Waals surface area contributed by atoms with Crippen LogP contribution in [0.5, 0.6) is 11.5 Å². The second kappa shape index (κ2) is 5.31. The summed E-state index contributed by atoms with van der Waals surface area (Å²) in [7, 11) is 0. The largest absolute Gasteiger partial charge is 0.486 e. The Morgan fingerprint density at radius 3 is 2.40 bits per heavy atom. The Balaban J connectivity index is 1.96. The highest BCUT2D eigenvalue weighted by molar-refractivity contribution is 6.35. The van der Waals surface area contributed by atoms with E-state index >= 15 is 0 Å². The van der Waals surface area contributed by atoms with Crippen molar-refractivity contribution in [1.82, 2.24) is 0 Å². The van der Waals surface area contributed by atoms with Crippen LogP contribution in [0.2, 0.25) is 10.0 Å². The molecule has 4 nitrogen and oxygen atoms in total. The fraction of sp³-hybridized carbons (Fsp3) is 0.143. The van der Waals surface area contributed by atoms with E-state index in [9.17, 15) is 0 Å². The molecule has 0 spiro atoms. The van der Waals surface area contributed by atoms with Gasteiger partial charge in [0.2, 0.25) is 0 Å². The van der Waals surface area contributed by atoms with Gasteiger partial charge in [0.15, 0.2) is 11.5 Å². The Morgan fingerprint density at radius 1 is 0.950 bits per heavy atom. The minimum Gasteiger partial charge on any atom is -0.486 e. The van der Waals surface area contributed by atoms with Gasteiger partial charge in [0.25, 0.3) is 0 Å². The molecule has 0 saturated heterocycles. The van der Waals surface area contributed by atoms with Crippen LogP contribution in [0.25, 0.3) is 0 Å². The number of hydrogen-bond donors (Lipinski definition) is 2. The summed E-state index contributed by atoms with van der Waals surface area (Å²) in [4.78, 5) is 0. The molecule has 2 aromatic carbocycles. The second-order valence-corrected chi connectivity index (χ2v) is 5.18. The molecule has 0 fully saturated rings. The van der Waals surface area contributed by atoms with Crippen LogP contribution in [-0.2, 0) is 0 Å². The summed E-state index contributed by atoms with van der Waals surface area (Å²) in [5.74, 6) is 1.31. The summed E-state index contributed by atoms with van der Waals surface area (Å²) in [6.45, 7) is 1.05. The number of halogens is 2. The molecule has 6 heteroatoms. The highest BCUT2D eigenvalue weighted by Gasteiger charge is 2.15. The van der Waals surface area contributed by atoms with Crippen molar-refractivity contribution in [3.05, 3.63) is 40.4 Å². The fourth-order valence-corrected chi connectivity index (χ4v) is 2.29. The molecule has 3 rings (SSSR count). The Hall–Kier alpha value is -1.78. The third-order valence-electron chi connectivity index (χ3n) is 2.91. The van der Waals surface area contributed by atoms with Gasteiger partial charge in [0, 0.05) is 17.2 Å². The molecule has 1 heterocycles. The van der Waals surface area contributed by atoms with Gasteiger partial charge in [0.1, 0.15) is 13.2 Å². The van der Waals surface area contributed by atoms with Crippen molar-refractivity contribution in [3.8, 4) is 11.5 Å². The van der Waals surface area contributed by atoms with Crippen molar-refractivity contribution < 1.29 is 9.47 Å². The zero-order valence-corrected chi connectivity index (χ0v) is 12.0. The molecule has 104 valence electrons. The zero-order valence-electron chi connectivity index (χ0n) is 10.5. The Kier molecular flexibility index (Phi) is 3.51. The predicted octanol–water partition coefficient (Wildman–Crippen LogP) is 4.09. The van der Waals surface area contributed by atoms with Gasteiger partial charge >= 0.3 is 0 Å². The van der Waals surface area contributed by atoms with Gasteiger partial charge in [-0.3, -0.25) is 0 Å². The first kappa shape index (κ1) is 13.2. The van der Waals surface area contributed by atoms with Crippen molar-refractivity contribution in [2.45, 2.75) is 0 Å². The van der Waals surface area contributed by atoms with Crippen LogP contribution in [0, 0.1) is 0 Å². The lowest BCUT2D eigenvalue weighted by molar-refractivity contribution is 0.172. The predicted molar refractivity (Wildman–Crippen MR) is 81.6 cm³/mol. The first-order chi connectivity index (χ1) is 9.63. The number of nitrogens with two attached hydrogens (primary N) is 1. The Labute approximate surface area is 126 Å². The summed E-state index contributed by atoms with van der Waals surface area (Å²) in [6, 6.07) is 8.71. The van der Waals surface area contributed by atoms with Gasteiger partial charge in [-0.2, -0.15) is 0 Å². The van der Waals surface area contributed by atoms with Crippen LogP contribution in [0.4, 0.5) is 17.1 Å². The number of fused-ring (bicyclic) bond motifs is 1. The standard InChI is InChI=1S/C14H12Cl2N2O2/c15-8-1-2-9(16)11(5-8)18-12-7-14-13(6-10(12)17)19-3-4-20-14/h1-2,5-7,18H,3-4,17H2. The molecule has 1 aliphatic rings. The normalized spacial score (nSPS) is 13.1. The van der Waals surface area contributed by atoms with E-state index in [-0.39, 0.29) is 0 Å². The van der Waals surface area contributed by atoms with E-state index in [0.717, 1.165) is 0 Å². The van der Waals surface area contributed by atoms with Crippen molar-refractivity contribution in [2.75, 3.05) is 24.3 Å². The van der Waals surface area contributed by atoms with Gasteiger partial charge in [-0.25, -0.2) is 0 Å². The number of hydrogen-bond acceptors (Lipinski definition) is 4. The van der Waals surface area contributed by atoms with Gasteiger partial charge in [-0.05, 0) is 18.2 Å². The molecule has 0 saturated carbocycles. The summed E-state index contributed by atoms with van der Waals surface area (Å²) in [5, 5.41) is 4.30. The van der Waals surface area contributed by atoms with Gasteiger partial charge in [-0.15, -0.1) is 0 Å². The van der Waals surface area contributed by atoms with Crippen molar-refractivity contribution in [2.24, 2.45) is 0 Å². The molecule has 0 amide bonds. The van der Waals surface area contributed by atoms with Crippen molar-refractivity contribution >= 4 is 40.3 Å². The van der Waals surface area contributed by atoms with Gasteiger partial charge < -0.3 is 20.5 Å². The molecule has 2 aromatic rings. The second-order valence-electron chi connectivity index (χ2n) is 4.33. The van der Waals surface area contributed by atoms with Crippen LogP contribution in [0.3, 0.4) is 0 Å². The van der Waals surface area contributed by atoms with E-state index in [1.807, 2.05) is 0 Å². The summed E-state index contributed by atoms with van der Waals surface area (Å²) in [6.07, 6.45) is 0. The maximum atomic E-state index is 6.12. The van der Waals surface area contributed by atoms with E-state index in [1.54, 1.807) is 30.3 Å². The SMILES string of the molecule is Nc1cc2c(cc1Nc1cc(Cl)ccc1Cl)OCCO2. The van der Waals surface area contributed by atoms with E-state index in [4.69, 9.17) is 38.4 Å². The molecular formula is C14H12Cl2N2O2. The number of benzene rings is 2. The van der Waals surface area contributed by atoms with E-state index in [1.165, 1.54) is 0 Å². The summed E-state index contributed by atoms with van der Waals surface area (Å²) < 4.78 is 11.0. The topological polar surface area (TPSA) is 56.5 Å². The maximum Gasteiger partial charge on any atom is 0.163 e. The van der Waals surface area contributed by atoms with E-state index < -0.39 is 0 Å². The van der Waals surface area contributed by atoms with Crippen molar-refractivity contribution in [1.29, 1.82) is 0 Å². The number of rotatable bonds is 2. The van der Waals surface area contributed by atoms with Crippen LogP contribution in [0.1, 0.15) is 0 Å². The number of nitrogens with one attached hydrogen (secondary N) is 1. The molecule has 0 unspecified atom stereocenters. The van der Waals surface area contributed by atoms with Gasteiger partial charge in [-0.1, -0.05) is 23.2 Å². The van der Waals surface area contributed by atoms with Crippen LogP contribution in [-0.4, -0.2) is 13.2 Å². The number of ether oxygens (including phenoxy) is 2. The van der Waals surface area contributed by atoms with E-state index in [0.29, 0.717) is 51.8 Å². The quantitative estimate of drug-likeness (QED) is 0.820. The maximum absolute atomic E-state index is 6.12. The smallest absolute Gasteiger partial charge is 0.163 e. The van der Waals surface area contributed by atoms with E-state index in [2.05, 4.69) is 5.32 Å². The molecule has 0 radical (unpaired) electrons. The van der Waals surface area contributed by atoms with Gasteiger partial charge in [0.05, 0.1) is 22.1 Å². The molecule has 0 bridgehead atoms. The minimum absolute atomic E-state index is 0.522. The Bertz CT molecular complexity index is 662. The first-order valence-corrected chi connectivity index (χ1v) is 6.80. The number of nitrogen functional groups attached to an aromatic ring is 1.